The van der Waals surface area contributed by atoms with E-state index in [1.54, 1.807) is 7.11 Å². The minimum atomic E-state index is -3.91. The third kappa shape index (κ3) is 3.37. The number of sulfonamides is 1. The number of rotatable bonds is 5. The first-order valence-corrected chi connectivity index (χ1v) is 8.39. The molecule has 118 valence electrons. The van der Waals surface area contributed by atoms with E-state index in [-0.39, 0.29) is 23.0 Å². The second kappa shape index (κ2) is 6.58. The van der Waals surface area contributed by atoms with Crippen LogP contribution in [0.5, 0.6) is 0 Å². The molecule has 1 aromatic rings. The summed E-state index contributed by atoms with van der Waals surface area (Å²) in [5, 5.41) is 0.156. The number of methoxy groups -OCH3 is 1. The zero-order valence-corrected chi connectivity index (χ0v) is 13.3. The summed E-state index contributed by atoms with van der Waals surface area (Å²) in [6.07, 6.45) is 0.693. The van der Waals surface area contributed by atoms with Gasteiger partial charge in [-0.1, -0.05) is 11.6 Å². The van der Waals surface area contributed by atoms with Crippen LogP contribution in [0.3, 0.4) is 0 Å². The Kier molecular flexibility index (Phi) is 5.21. The van der Waals surface area contributed by atoms with Crippen LogP contribution in [0.1, 0.15) is 12.0 Å². The second-order valence-electron chi connectivity index (χ2n) is 5.05. The van der Waals surface area contributed by atoms with Crippen molar-refractivity contribution in [1.82, 2.24) is 4.31 Å². The molecule has 21 heavy (non-hydrogen) atoms. The first-order chi connectivity index (χ1) is 9.90. The van der Waals surface area contributed by atoms with E-state index >= 15 is 0 Å². The summed E-state index contributed by atoms with van der Waals surface area (Å²) in [6, 6.07) is 2.47. The Morgan fingerprint density at radius 3 is 2.86 bits per heavy atom. The molecule has 0 aromatic heterocycles. The average molecular weight is 337 g/mol. The van der Waals surface area contributed by atoms with Gasteiger partial charge in [0.15, 0.2) is 0 Å². The van der Waals surface area contributed by atoms with Gasteiger partial charge in [-0.2, -0.15) is 4.31 Å². The fourth-order valence-electron chi connectivity index (χ4n) is 2.48. The summed E-state index contributed by atoms with van der Waals surface area (Å²) in [7, 11) is -2.34. The molecule has 1 heterocycles. The van der Waals surface area contributed by atoms with Crippen LogP contribution in [0.4, 0.5) is 4.39 Å². The monoisotopic (exact) mass is 336 g/mol. The van der Waals surface area contributed by atoms with Gasteiger partial charge in [-0.25, -0.2) is 12.8 Å². The molecule has 1 aromatic carbocycles. The molecule has 8 heteroatoms. The van der Waals surface area contributed by atoms with E-state index in [4.69, 9.17) is 22.1 Å². The van der Waals surface area contributed by atoms with Crippen molar-refractivity contribution in [2.75, 3.05) is 26.8 Å². The zero-order chi connectivity index (χ0) is 15.6. The molecular formula is C13H18ClFN2O3S. The van der Waals surface area contributed by atoms with Gasteiger partial charge < -0.3 is 10.5 Å². The molecule has 2 rings (SSSR count). The number of ether oxygens (including phenoxy) is 1. The van der Waals surface area contributed by atoms with E-state index < -0.39 is 20.7 Å². The van der Waals surface area contributed by atoms with Crippen LogP contribution < -0.4 is 5.73 Å². The number of halogens is 2. The van der Waals surface area contributed by atoms with Crippen LogP contribution in [0.25, 0.3) is 0 Å². The van der Waals surface area contributed by atoms with Crippen molar-refractivity contribution < 1.29 is 17.5 Å². The van der Waals surface area contributed by atoms with E-state index in [0.717, 1.165) is 6.07 Å². The van der Waals surface area contributed by atoms with Gasteiger partial charge in [-0.15, -0.1) is 0 Å². The summed E-state index contributed by atoms with van der Waals surface area (Å²) >= 11 is 5.87. The van der Waals surface area contributed by atoms with Gasteiger partial charge in [-0.05, 0) is 24.5 Å². The predicted molar refractivity (Wildman–Crippen MR) is 78.0 cm³/mol. The van der Waals surface area contributed by atoms with Gasteiger partial charge >= 0.3 is 0 Å². The average Bonchev–Trinajstić information content (AvgIpc) is 2.90. The zero-order valence-electron chi connectivity index (χ0n) is 11.7. The highest BCUT2D eigenvalue weighted by molar-refractivity contribution is 7.89. The SMILES string of the molecule is COCC1CCN(S(=O)(=O)c2cc(Cl)cc(CN)c2F)C1. The van der Waals surface area contributed by atoms with E-state index in [2.05, 4.69) is 0 Å². The number of nitrogens with zero attached hydrogens (tertiary/aromatic N) is 1. The van der Waals surface area contributed by atoms with Gasteiger partial charge in [0.25, 0.3) is 0 Å². The first-order valence-electron chi connectivity index (χ1n) is 6.57. The van der Waals surface area contributed by atoms with Crippen molar-refractivity contribution >= 4 is 21.6 Å². The van der Waals surface area contributed by atoms with Gasteiger partial charge in [0, 0.05) is 37.3 Å². The van der Waals surface area contributed by atoms with Crippen molar-refractivity contribution in [2.45, 2.75) is 17.9 Å². The summed E-state index contributed by atoms with van der Waals surface area (Å²) in [4.78, 5) is -0.409. The Hall–Kier alpha value is -0.730. The van der Waals surface area contributed by atoms with Crippen molar-refractivity contribution in [3.63, 3.8) is 0 Å². The van der Waals surface area contributed by atoms with E-state index in [1.165, 1.54) is 10.4 Å². The lowest BCUT2D eigenvalue weighted by Gasteiger charge is -2.18. The highest BCUT2D eigenvalue weighted by Gasteiger charge is 2.34. The lowest BCUT2D eigenvalue weighted by Crippen LogP contribution is -2.30. The third-order valence-corrected chi connectivity index (χ3v) is 5.65. The van der Waals surface area contributed by atoms with Crippen molar-refractivity contribution in [3.8, 4) is 0 Å². The quantitative estimate of drug-likeness (QED) is 0.886. The molecule has 1 aliphatic heterocycles. The maximum Gasteiger partial charge on any atom is 0.246 e. The summed E-state index contributed by atoms with van der Waals surface area (Å²) < 4.78 is 45.7. The number of benzene rings is 1. The van der Waals surface area contributed by atoms with Crippen molar-refractivity contribution in [3.05, 3.63) is 28.5 Å². The Labute approximate surface area is 128 Å². The molecule has 1 aliphatic rings. The van der Waals surface area contributed by atoms with Crippen LogP contribution in [0.15, 0.2) is 17.0 Å². The molecular weight excluding hydrogens is 319 g/mol. The van der Waals surface area contributed by atoms with Crippen LogP contribution in [0.2, 0.25) is 5.02 Å². The largest absolute Gasteiger partial charge is 0.384 e. The maximum absolute atomic E-state index is 14.3. The Morgan fingerprint density at radius 1 is 1.52 bits per heavy atom. The third-order valence-electron chi connectivity index (χ3n) is 3.57. The summed E-state index contributed by atoms with van der Waals surface area (Å²) in [5.41, 5.74) is 5.51. The van der Waals surface area contributed by atoms with Crippen LogP contribution in [0, 0.1) is 11.7 Å². The standard InChI is InChI=1S/C13H18ClFN2O3S/c1-20-8-9-2-3-17(7-9)21(18,19)12-5-11(14)4-10(6-16)13(12)15/h4-5,9H,2-3,6-8,16H2,1H3. The molecule has 1 fully saturated rings. The molecule has 5 nitrogen and oxygen atoms in total. The summed E-state index contributed by atoms with van der Waals surface area (Å²) in [5.74, 6) is -0.696. The molecule has 1 saturated heterocycles. The lowest BCUT2D eigenvalue weighted by molar-refractivity contribution is 0.157. The Bertz CT molecular complexity index is 624. The fourth-order valence-corrected chi connectivity index (χ4v) is 4.45. The number of hydrogen-bond acceptors (Lipinski definition) is 4. The highest BCUT2D eigenvalue weighted by Crippen LogP contribution is 2.29. The molecule has 0 aliphatic carbocycles. The molecule has 0 amide bonds. The van der Waals surface area contributed by atoms with E-state index in [1.807, 2.05) is 0 Å². The molecule has 0 spiro atoms. The van der Waals surface area contributed by atoms with Crippen LogP contribution in [-0.4, -0.2) is 39.5 Å². The summed E-state index contributed by atoms with van der Waals surface area (Å²) in [6.45, 7) is 1.04. The lowest BCUT2D eigenvalue weighted by atomic mass is 10.1. The normalized spacial score (nSPS) is 20.1. The predicted octanol–water partition coefficient (Wildman–Crippen LogP) is 1.59. The van der Waals surface area contributed by atoms with Gasteiger partial charge in [0.1, 0.15) is 10.7 Å². The second-order valence-corrected chi connectivity index (χ2v) is 7.40. The van der Waals surface area contributed by atoms with Gasteiger partial charge in [0.2, 0.25) is 10.0 Å². The van der Waals surface area contributed by atoms with Gasteiger partial charge in [0.05, 0.1) is 6.61 Å². The molecule has 1 atom stereocenters. The minimum Gasteiger partial charge on any atom is -0.384 e. The molecule has 2 N–H and O–H groups in total. The minimum absolute atomic E-state index is 0.0914. The van der Waals surface area contributed by atoms with E-state index in [0.29, 0.717) is 26.1 Å². The molecule has 0 saturated carbocycles. The van der Waals surface area contributed by atoms with Gasteiger partial charge in [-0.3, -0.25) is 0 Å². The van der Waals surface area contributed by atoms with Crippen molar-refractivity contribution in [2.24, 2.45) is 11.7 Å². The number of nitrogens with two attached hydrogens (primary N) is 1. The van der Waals surface area contributed by atoms with Crippen LogP contribution in [-0.2, 0) is 21.3 Å². The van der Waals surface area contributed by atoms with Crippen molar-refractivity contribution in [1.29, 1.82) is 0 Å². The topological polar surface area (TPSA) is 72.6 Å². The molecule has 1 unspecified atom stereocenters. The van der Waals surface area contributed by atoms with E-state index in [9.17, 15) is 12.8 Å². The fraction of sp³-hybridized carbons (Fsp3) is 0.538. The number of hydrogen-bond donors (Lipinski definition) is 1. The maximum atomic E-state index is 14.3. The highest BCUT2D eigenvalue weighted by atomic mass is 35.5. The van der Waals surface area contributed by atoms with Crippen LogP contribution >= 0.6 is 11.6 Å². The smallest absolute Gasteiger partial charge is 0.246 e. The Morgan fingerprint density at radius 2 is 2.24 bits per heavy atom. The molecule has 0 bridgehead atoms. The first kappa shape index (κ1) is 16.6. The Balaban J connectivity index is 2.35. The molecule has 0 radical (unpaired) electrons.